The molecule has 2 rings (SSSR count). The lowest BCUT2D eigenvalue weighted by Crippen LogP contribution is -2.34. The van der Waals surface area contributed by atoms with Crippen molar-refractivity contribution in [3.05, 3.63) is 21.4 Å². The molecule has 0 saturated carbocycles. The van der Waals surface area contributed by atoms with E-state index in [1.54, 1.807) is 5.56 Å². The maximum Gasteiger partial charge on any atom is 0.0244 e. The molecule has 1 aromatic rings. The number of hydrogen-bond acceptors (Lipinski definition) is 3. The first kappa shape index (κ1) is 14.0. The first-order valence-corrected chi connectivity index (χ1v) is 7.93. The minimum Gasteiger partial charge on any atom is -0.320 e. The van der Waals surface area contributed by atoms with Gasteiger partial charge >= 0.3 is 0 Å². The molecule has 18 heavy (non-hydrogen) atoms. The molecule has 0 atom stereocenters. The summed E-state index contributed by atoms with van der Waals surface area (Å²) in [5, 5.41) is 3.26. The van der Waals surface area contributed by atoms with E-state index in [9.17, 15) is 0 Å². The summed E-state index contributed by atoms with van der Waals surface area (Å²) >= 11 is 1.93. The van der Waals surface area contributed by atoms with Crippen molar-refractivity contribution in [1.29, 1.82) is 0 Å². The topological polar surface area (TPSA) is 15.3 Å². The molecule has 0 unspecified atom stereocenters. The second kappa shape index (κ2) is 6.69. The van der Waals surface area contributed by atoms with Gasteiger partial charge in [-0.15, -0.1) is 11.3 Å². The number of nitrogens with zero attached hydrogens (tertiary/aromatic N) is 1. The summed E-state index contributed by atoms with van der Waals surface area (Å²) in [5.41, 5.74) is 1.55. The Morgan fingerprint density at radius 3 is 2.61 bits per heavy atom. The van der Waals surface area contributed by atoms with Crippen LogP contribution in [0.5, 0.6) is 0 Å². The lowest BCUT2D eigenvalue weighted by Gasteiger charge is -2.32. The standard InChI is InChI=1S/C15H26N2S/c1-12-10-15(13(2)18-12)11-17-8-5-14(6-9-17)4-7-16-3/h10,14,16H,4-9,11H2,1-3H3. The molecule has 0 spiro atoms. The molecule has 1 aromatic heterocycles. The van der Waals surface area contributed by atoms with Crippen molar-refractivity contribution < 1.29 is 0 Å². The van der Waals surface area contributed by atoms with Gasteiger partial charge in [0.25, 0.3) is 0 Å². The Labute approximate surface area is 115 Å². The van der Waals surface area contributed by atoms with Crippen LogP contribution in [0.25, 0.3) is 0 Å². The zero-order chi connectivity index (χ0) is 13.0. The van der Waals surface area contributed by atoms with E-state index in [1.165, 1.54) is 48.7 Å². The number of likely N-dealkylation sites (tertiary alicyclic amines) is 1. The molecule has 0 aromatic carbocycles. The van der Waals surface area contributed by atoms with Gasteiger partial charge in [0.15, 0.2) is 0 Å². The summed E-state index contributed by atoms with van der Waals surface area (Å²) in [5.74, 6) is 0.944. The summed E-state index contributed by atoms with van der Waals surface area (Å²) in [6, 6.07) is 2.37. The number of aryl methyl sites for hydroxylation is 2. The average molecular weight is 266 g/mol. The minimum atomic E-state index is 0.944. The summed E-state index contributed by atoms with van der Waals surface area (Å²) in [6.07, 6.45) is 4.11. The van der Waals surface area contributed by atoms with Gasteiger partial charge in [0.05, 0.1) is 0 Å². The molecule has 0 bridgehead atoms. The van der Waals surface area contributed by atoms with E-state index >= 15 is 0 Å². The van der Waals surface area contributed by atoms with Gasteiger partial charge in [0, 0.05) is 16.3 Å². The summed E-state index contributed by atoms with van der Waals surface area (Å²) < 4.78 is 0. The second-order valence-electron chi connectivity index (χ2n) is 5.55. The van der Waals surface area contributed by atoms with Crippen LogP contribution in [-0.2, 0) is 6.54 Å². The van der Waals surface area contributed by atoms with Gasteiger partial charge in [-0.05, 0) is 77.3 Å². The predicted octanol–water partition coefficient (Wildman–Crippen LogP) is 3.19. The Morgan fingerprint density at radius 2 is 2.06 bits per heavy atom. The maximum absolute atomic E-state index is 3.26. The fourth-order valence-electron chi connectivity index (χ4n) is 2.86. The van der Waals surface area contributed by atoms with Gasteiger partial charge in [-0.1, -0.05) is 0 Å². The second-order valence-corrected chi connectivity index (χ2v) is 7.01. The smallest absolute Gasteiger partial charge is 0.0244 e. The van der Waals surface area contributed by atoms with E-state index in [-0.39, 0.29) is 0 Å². The molecule has 1 aliphatic rings. The molecular weight excluding hydrogens is 240 g/mol. The molecule has 0 aliphatic carbocycles. The summed E-state index contributed by atoms with van der Waals surface area (Å²) in [6.45, 7) is 9.37. The number of thiophene rings is 1. The van der Waals surface area contributed by atoms with Crippen LogP contribution in [0.2, 0.25) is 0 Å². The van der Waals surface area contributed by atoms with Crippen molar-refractivity contribution in [1.82, 2.24) is 10.2 Å². The van der Waals surface area contributed by atoms with Gasteiger partial charge in [-0.25, -0.2) is 0 Å². The first-order valence-electron chi connectivity index (χ1n) is 7.12. The van der Waals surface area contributed by atoms with Crippen molar-refractivity contribution in [2.75, 3.05) is 26.7 Å². The maximum atomic E-state index is 3.26. The Hall–Kier alpha value is -0.380. The number of piperidine rings is 1. The molecule has 0 radical (unpaired) electrons. The zero-order valence-corrected chi connectivity index (χ0v) is 12.8. The molecule has 1 saturated heterocycles. The van der Waals surface area contributed by atoms with Gasteiger partial charge in [-0.2, -0.15) is 0 Å². The molecule has 102 valence electrons. The van der Waals surface area contributed by atoms with Crippen LogP contribution in [0.4, 0.5) is 0 Å². The highest BCUT2D eigenvalue weighted by atomic mass is 32.1. The third-order valence-electron chi connectivity index (χ3n) is 4.05. The summed E-state index contributed by atoms with van der Waals surface area (Å²) in [4.78, 5) is 5.58. The van der Waals surface area contributed by atoms with Crippen LogP contribution in [0, 0.1) is 19.8 Å². The first-order chi connectivity index (χ1) is 8.69. The van der Waals surface area contributed by atoms with Crippen LogP contribution in [0.15, 0.2) is 6.07 Å². The summed E-state index contributed by atoms with van der Waals surface area (Å²) in [7, 11) is 2.05. The van der Waals surface area contributed by atoms with Crippen molar-refractivity contribution in [2.45, 2.75) is 39.7 Å². The van der Waals surface area contributed by atoms with Crippen LogP contribution >= 0.6 is 11.3 Å². The van der Waals surface area contributed by atoms with Crippen LogP contribution < -0.4 is 5.32 Å². The molecule has 2 heterocycles. The predicted molar refractivity (Wildman–Crippen MR) is 80.3 cm³/mol. The van der Waals surface area contributed by atoms with Gasteiger partial charge in [-0.3, -0.25) is 4.90 Å². The monoisotopic (exact) mass is 266 g/mol. The van der Waals surface area contributed by atoms with Crippen molar-refractivity contribution in [3.63, 3.8) is 0 Å². The molecule has 1 fully saturated rings. The largest absolute Gasteiger partial charge is 0.320 e. The van der Waals surface area contributed by atoms with Crippen molar-refractivity contribution >= 4 is 11.3 Å². The third kappa shape index (κ3) is 3.81. The van der Waals surface area contributed by atoms with Gasteiger partial charge < -0.3 is 5.32 Å². The van der Waals surface area contributed by atoms with E-state index in [0.717, 1.165) is 12.5 Å². The molecular formula is C15H26N2S. The molecule has 2 nitrogen and oxygen atoms in total. The Bertz CT molecular complexity index is 365. The van der Waals surface area contributed by atoms with Crippen LogP contribution in [-0.4, -0.2) is 31.6 Å². The average Bonchev–Trinajstić information content (AvgIpc) is 2.67. The molecule has 1 N–H and O–H groups in total. The fourth-order valence-corrected chi connectivity index (χ4v) is 3.80. The molecule has 1 aliphatic heterocycles. The van der Waals surface area contributed by atoms with Crippen molar-refractivity contribution in [2.24, 2.45) is 5.92 Å². The van der Waals surface area contributed by atoms with E-state index in [2.05, 4.69) is 37.2 Å². The number of nitrogens with one attached hydrogen (secondary N) is 1. The van der Waals surface area contributed by atoms with E-state index in [0.29, 0.717) is 0 Å². The van der Waals surface area contributed by atoms with Gasteiger partial charge in [0.2, 0.25) is 0 Å². The Balaban J connectivity index is 1.78. The van der Waals surface area contributed by atoms with E-state index < -0.39 is 0 Å². The lowest BCUT2D eigenvalue weighted by molar-refractivity contribution is 0.172. The highest BCUT2D eigenvalue weighted by molar-refractivity contribution is 7.12. The van der Waals surface area contributed by atoms with Crippen LogP contribution in [0.3, 0.4) is 0 Å². The molecule has 3 heteroatoms. The quantitative estimate of drug-likeness (QED) is 0.880. The zero-order valence-electron chi connectivity index (χ0n) is 12.0. The van der Waals surface area contributed by atoms with E-state index in [1.807, 2.05) is 11.3 Å². The van der Waals surface area contributed by atoms with Crippen LogP contribution in [0.1, 0.15) is 34.6 Å². The number of rotatable bonds is 5. The van der Waals surface area contributed by atoms with E-state index in [4.69, 9.17) is 0 Å². The van der Waals surface area contributed by atoms with Crippen molar-refractivity contribution in [3.8, 4) is 0 Å². The Kier molecular flexibility index (Phi) is 5.22. The highest BCUT2D eigenvalue weighted by Crippen LogP contribution is 2.25. The normalized spacial score (nSPS) is 18.4. The lowest BCUT2D eigenvalue weighted by atomic mass is 9.93. The van der Waals surface area contributed by atoms with Gasteiger partial charge in [0.1, 0.15) is 0 Å². The molecule has 0 amide bonds. The third-order valence-corrected chi connectivity index (χ3v) is 5.06. The highest BCUT2D eigenvalue weighted by Gasteiger charge is 2.19. The fraction of sp³-hybridized carbons (Fsp3) is 0.733. The number of hydrogen-bond donors (Lipinski definition) is 1. The minimum absolute atomic E-state index is 0.944. The Morgan fingerprint density at radius 1 is 1.33 bits per heavy atom. The SMILES string of the molecule is CNCCC1CCN(Cc2cc(C)sc2C)CC1.